The molecule has 1 aliphatic rings. The van der Waals surface area contributed by atoms with Gasteiger partial charge in [0.25, 0.3) is 5.91 Å². The van der Waals surface area contributed by atoms with Gasteiger partial charge in [-0.05, 0) is 37.8 Å². The number of hydrogen-bond acceptors (Lipinski definition) is 13. The lowest BCUT2D eigenvalue weighted by molar-refractivity contribution is -0.0533. The predicted molar refractivity (Wildman–Crippen MR) is 165 cm³/mol. The van der Waals surface area contributed by atoms with E-state index in [0.29, 0.717) is 11.2 Å². The summed E-state index contributed by atoms with van der Waals surface area (Å²) in [6.45, 7) is 9.38. The summed E-state index contributed by atoms with van der Waals surface area (Å²) >= 11 is 0. The number of phenolic OH excluding ortho intramolecular Hbond substituents is 1. The zero-order valence-electron chi connectivity index (χ0n) is 25.0. The molecule has 0 radical (unpaired) electrons. The lowest BCUT2D eigenvalue weighted by Crippen LogP contribution is -2.37. The quantitative estimate of drug-likeness (QED) is 0.166. The number of benzene rings is 2. The van der Waals surface area contributed by atoms with Crippen LogP contribution in [0, 0.1) is 0 Å². The molecule has 16 heteroatoms. The number of phenols is 1. The molecule has 1 amide bonds. The van der Waals surface area contributed by atoms with Gasteiger partial charge in [0.1, 0.15) is 24.1 Å². The average molecular weight is 644 g/mol. The Balaban J connectivity index is 0.000000591. The largest absolute Gasteiger partial charge is 0.507 e. The van der Waals surface area contributed by atoms with Gasteiger partial charge in [-0.15, -0.1) is 5.10 Å². The Morgan fingerprint density at radius 2 is 1.69 bits per heavy atom. The second-order valence-corrected chi connectivity index (χ2v) is 11.4. The summed E-state index contributed by atoms with van der Waals surface area (Å²) in [6.07, 6.45) is -5.70. The Bertz CT molecular complexity index is 1690. The molecule has 2 aromatic carbocycles. The van der Waals surface area contributed by atoms with Crippen molar-refractivity contribution in [2.45, 2.75) is 45.3 Å². The van der Waals surface area contributed by atoms with E-state index in [4.69, 9.17) is 14.7 Å². The molecule has 4 aromatic rings. The summed E-state index contributed by atoms with van der Waals surface area (Å²) in [4.78, 5) is 18.9. The first-order valence-corrected chi connectivity index (χ1v) is 15.7. The maximum atomic E-state index is 12.3. The zero-order valence-corrected chi connectivity index (χ0v) is 25.8. The van der Waals surface area contributed by atoms with Crippen LogP contribution in [0.1, 0.15) is 37.4 Å². The minimum Gasteiger partial charge on any atom is -0.507 e. The fourth-order valence-electron chi connectivity index (χ4n) is 4.67. The number of nitrogens with one attached hydrogen (secondary N) is 1. The number of pyridine rings is 1. The van der Waals surface area contributed by atoms with Gasteiger partial charge in [-0.1, -0.05) is 68.4 Å². The van der Waals surface area contributed by atoms with Crippen molar-refractivity contribution in [3.8, 4) is 17.0 Å². The van der Waals surface area contributed by atoms with Crippen molar-refractivity contribution in [1.29, 1.82) is 0 Å². The lowest BCUT2D eigenvalue weighted by Gasteiger charge is -2.15. The first kappa shape index (κ1) is 33.7. The Hall–Kier alpha value is -4.19. The van der Waals surface area contributed by atoms with Crippen molar-refractivity contribution < 1.29 is 37.5 Å². The fraction of sp³-hybridized carbons (Fsp3) is 0.379. The highest BCUT2D eigenvalue weighted by Crippen LogP contribution is 2.33. The van der Waals surface area contributed by atoms with E-state index in [2.05, 4.69) is 41.0 Å². The van der Waals surface area contributed by atoms with Gasteiger partial charge < -0.3 is 30.7 Å². The van der Waals surface area contributed by atoms with E-state index in [9.17, 15) is 28.5 Å². The van der Waals surface area contributed by atoms with Crippen molar-refractivity contribution in [1.82, 2.24) is 29.6 Å². The topological polar surface area (TPSA) is 215 Å². The molecule has 45 heavy (non-hydrogen) atoms. The van der Waals surface area contributed by atoms with E-state index in [0.717, 1.165) is 5.56 Å². The van der Waals surface area contributed by atoms with Gasteiger partial charge >= 0.3 is 10.3 Å². The number of rotatable bonds is 10. The highest BCUT2D eigenvalue weighted by molar-refractivity contribution is 7.85. The van der Waals surface area contributed by atoms with Gasteiger partial charge in [0.15, 0.2) is 17.6 Å². The minimum atomic E-state index is -4.66. The molecule has 242 valence electrons. The molecule has 0 saturated carbocycles. The van der Waals surface area contributed by atoms with Crippen LogP contribution in [0.25, 0.3) is 22.3 Å². The number of nitrogen functional groups attached to an aromatic ring is 1. The zero-order chi connectivity index (χ0) is 32.7. The number of anilines is 1. The van der Waals surface area contributed by atoms with Crippen LogP contribution < -0.4 is 10.5 Å². The molecule has 15 nitrogen and oxygen atoms in total. The van der Waals surface area contributed by atoms with Crippen LogP contribution in [0.2, 0.25) is 0 Å². The number of aliphatic hydroxyl groups excluding tert-OH is 2. The molecule has 1 aliphatic heterocycles. The van der Waals surface area contributed by atoms with Gasteiger partial charge in [-0.2, -0.15) is 8.42 Å². The van der Waals surface area contributed by atoms with Crippen molar-refractivity contribution in [2.24, 2.45) is 0 Å². The van der Waals surface area contributed by atoms with Crippen LogP contribution in [0.3, 0.4) is 0 Å². The van der Waals surface area contributed by atoms with E-state index in [1.807, 2.05) is 30.3 Å². The van der Waals surface area contributed by atoms with Gasteiger partial charge in [0, 0.05) is 5.56 Å². The number of aromatic hydroxyl groups is 1. The molecule has 1 saturated heterocycles. The molecule has 0 unspecified atom stereocenters. The van der Waals surface area contributed by atoms with Crippen LogP contribution in [0.4, 0.5) is 5.82 Å². The molecule has 3 heterocycles. The summed E-state index contributed by atoms with van der Waals surface area (Å²) in [5.74, 6) is -1.46. The fourth-order valence-corrected chi connectivity index (χ4v) is 5.38. The second-order valence-electron chi connectivity index (χ2n) is 10.0. The number of carbonyl (C=O) groups excluding carboxylic acids is 1. The molecule has 6 N–H and O–H groups in total. The van der Waals surface area contributed by atoms with Gasteiger partial charge in [-0.3, -0.25) is 8.98 Å². The highest BCUT2D eigenvalue weighted by atomic mass is 32.2. The maximum absolute atomic E-state index is 12.3. The van der Waals surface area contributed by atoms with Crippen LogP contribution >= 0.6 is 0 Å². The number of carbonyl (C=O) groups is 1. The number of nitrogens with zero attached hydrogens (tertiary/aromatic N) is 5. The monoisotopic (exact) mass is 643 g/mol. The molecule has 0 spiro atoms. The van der Waals surface area contributed by atoms with Crippen molar-refractivity contribution >= 4 is 33.1 Å². The number of aromatic nitrogens is 4. The van der Waals surface area contributed by atoms with E-state index < -0.39 is 53.1 Å². The number of aliphatic hydroxyl groups is 2. The predicted octanol–water partition coefficient (Wildman–Crippen LogP) is 1.44. The number of ether oxygens (including phenoxy) is 1. The third kappa shape index (κ3) is 7.91. The Kier molecular flexibility index (Phi) is 11.0. The Morgan fingerprint density at radius 1 is 1.04 bits per heavy atom. The van der Waals surface area contributed by atoms with Gasteiger partial charge in [0.05, 0.1) is 23.4 Å². The first-order chi connectivity index (χ1) is 21.5. The molecule has 5 rings (SSSR count). The number of nitrogens with two attached hydrogens (primary N) is 1. The van der Waals surface area contributed by atoms with E-state index in [1.54, 1.807) is 10.8 Å². The Morgan fingerprint density at radius 3 is 2.31 bits per heavy atom. The highest BCUT2D eigenvalue weighted by Gasteiger charge is 2.45. The number of fused-ring (bicyclic) bond motifs is 1. The van der Waals surface area contributed by atoms with Crippen LogP contribution in [-0.2, 0) is 19.2 Å². The first-order valence-electron chi connectivity index (χ1n) is 14.3. The number of amides is 1. The standard InChI is InChI=1S/C23H22N6O8S.C6H15N/c24-21-18-15(10-14(25-21)12-6-2-1-3-7-12)29(28-26-18)23-20(32)19(31)17(37-23)11-36-38(34,35)27-22(33)13-8-4-5-9-16(13)30;1-4-7(5-2)6-3/h1-10,17,19-20,23,30-32H,11H2,(H2,24,25)(H,27,33);4-6H2,1-3H3/t17-,19-,20-,23-;/m1./s1. The number of para-hydroxylation sites is 1. The lowest BCUT2D eigenvalue weighted by atomic mass is 10.1. The smallest absolute Gasteiger partial charge is 0.362 e. The molecule has 4 atom stereocenters. The molecule has 2 aromatic heterocycles. The van der Waals surface area contributed by atoms with Crippen LogP contribution in [0.5, 0.6) is 5.75 Å². The third-order valence-corrected chi connectivity index (χ3v) is 8.11. The van der Waals surface area contributed by atoms with Crippen molar-refractivity contribution in [3.05, 3.63) is 66.2 Å². The van der Waals surface area contributed by atoms with E-state index in [1.165, 1.54) is 48.6 Å². The SMILES string of the molecule is CCN(CC)CC.Nc1nc(-c2ccccc2)cc2c1nnn2[C@@H]1O[C@H](COS(=O)(=O)NC(=O)c2ccccc2O)[C@@H](O)[C@H]1O. The molecule has 1 fully saturated rings. The Labute approximate surface area is 260 Å². The molecule has 0 aliphatic carbocycles. The molecular weight excluding hydrogens is 606 g/mol. The minimum absolute atomic E-state index is 0.0896. The number of hydrogen-bond donors (Lipinski definition) is 5. The maximum Gasteiger partial charge on any atom is 0.362 e. The van der Waals surface area contributed by atoms with Crippen LogP contribution in [0.15, 0.2) is 60.7 Å². The van der Waals surface area contributed by atoms with Crippen molar-refractivity contribution in [2.75, 3.05) is 32.0 Å². The summed E-state index contributed by atoms with van der Waals surface area (Å²) in [5, 5.41) is 38.9. The normalized spacial score (nSPS) is 19.8. The van der Waals surface area contributed by atoms with Crippen molar-refractivity contribution in [3.63, 3.8) is 0 Å². The van der Waals surface area contributed by atoms with Crippen LogP contribution in [-0.4, -0.2) is 99.1 Å². The summed E-state index contributed by atoms with van der Waals surface area (Å²) in [6, 6.07) is 16.2. The van der Waals surface area contributed by atoms with E-state index >= 15 is 0 Å². The molecule has 0 bridgehead atoms. The average Bonchev–Trinajstić information content (AvgIpc) is 3.58. The van der Waals surface area contributed by atoms with Gasteiger partial charge in [-0.25, -0.2) is 14.4 Å². The van der Waals surface area contributed by atoms with E-state index in [-0.39, 0.29) is 16.9 Å². The molecular formula is C29H37N7O8S. The van der Waals surface area contributed by atoms with Gasteiger partial charge in [0.2, 0.25) is 0 Å². The summed E-state index contributed by atoms with van der Waals surface area (Å²) in [7, 11) is -4.66. The summed E-state index contributed by atoms with van der Waals surface area (Å²) in [5.41, 5.74) is 7.66. The third-order valence-electron chi connectivity index (χ3n) is 7.23. The second kappa shape index (κ2) is 14.7. The summed E-state index contributed by atoms with van der Waals surface area (Å²) < 4.78 is 37.9.